The van der Waals surface area contributed by atoms with E-state index in [2.05, 4.69) is 5.32 Å². The van der Waals surface area contributed by atoms with Crippen LogP contribution in [-0.2, 0) is 10.0 Å². The molecule has 1 heterocycles. The van der Waals surface area contributed by atoms with Gasteiger partial charge in [-0.05, 0) is 56.5 Å². The molecule has 8 nitrogen and oxygen atoms in total. The third-order valence-corrected chi connectivity index (χ3v) is 7.08. The number of nitrogens with one attached hydrogen (secondary N) is 1. The molecular formula is C20H23N3O5S. The smallest absolute Gasteiger partial charge is 0.272 e. The van der Waals surface area contributed by atoms with Crippen molar-refractivity contribution in [2.24, 2.45) is 0 Å². The van der Waals surface area contributed by atoms with E-state index in [1.165, 1.54) is 28.6 Å². The van der Waals surface area contributed by atoms with Crippen molar-refractivity contribution in [1.29, 1.82) is 0 Å². The quantitative estimate of drug-likeness (QED) is 0.590. The van der Waals surface area contributed by atoms with E-state index >= 15 is 0 Å². The Balaban J connectivity index is 1.85. The van der Waals surface area contributed by atoms with E-state index in [1.54, 1.807) is 26.0 Å². The second-order valence-electron chi connectivity index (χ2n) is 7.16. The van der Waals surface area contributed by atoms with Gasteiger partial charge in [0.25, 0.3) is 11.6 Å². The summed E-state index contributed by atoms with van der Waals surface area (Å²) in [5.41, 5.74) is 1.53. The zero-order valence-electron chi connectivity index (χ0n) is 16.3. The lowest BCUT2D eigenvalue weighted by Crippen LogP contribution is -2.36. The molecule has 0 aliphatic carbocycles. The molecule has 154 valence electrons. The molecule has 0 radical (unpaired) electrons. The van der Waals surface area contributed by atoms with Gasteiger partial charge < -0.3 is 5.32 Å². The van der Waals surface area contributed by atoms with Crippen LogP contribution in [0.5, 0.6) is 0 Å². The Morgan fingerprint density at radius 1 is 1.03 bits per heavy atom. The fourth-order valence-electron chi connectivity index (χ4n) is 3.40. The number of carbonyl (C=O) groups is 1. The first-order valence-corrected chi connectivity index (χ1v) is 10.8. The SMILES string of the molecule is Cc1cc(C(=O)Nc2ccc(C)c(S(=O)(=O)N3CCCCC3)c2)ccc1[N+](=O)[O-]. The van der Waals surface area contributed by atoms with Gasteiger partial charge in [-0.1, -0.05) is 12.5 Å². The minimum absolute atomic E-state index is 0.0632. The Hall–Kier alpha value is -2.78. The number of hydrogen-bond donors (Lipinski definition) is 1. The van der Waals surface area contributed by atoms with Crippen LogP contribution < -0.4 is 5.32 Å². The maximum atomic E-state index is 13.0. The number of amides is 1. The van der Waals surface area contributed by atoms with Gasteiger partial charge in [-0.25, -0.2) is 8.42 Å². The maximum absolute atomic E-state index is 13.0. The molecular weight excluding hydrogens is 394 g/mol. The number of carbonyl (C=O) groups excluding carboxylic acids is 1. The molecule has 29 heavy (non-hydrogen) atoms. The number of hydrogen-bond acceptors (Lipinski definition) is 5. The van der Waals surface area contributed by atoms with Crippen molar-refractivity contribution >= 4 is 27.3 Å². The van der Waals surface area contributed by atoms with Gasteiger partial charge in [0.15, 0.2) is 0 Å². The van der Waals surface area contributed by atoms with E-state index in [9.17, 15) is 23.3 Å². The highest BCUT2D eigenvalue weighted by Gasteiger charge is 2.27. The van der Waals surface area contributed by atoms with Crippen LogP contribution >= 0.6 is 0 Å². The molecule has 1 N–H and O–H groups in total. The van der Waals surface area contributed by atoms with E-state index in [0.29, 0.717) is 29.9 Å². The standard InChI is InChI=1S/C20H23N3O5S/c1-14-6-8-17(13-19(14)29(27,28)22-10-4-3-5-11-22)21-20(24)16-7-9-18(23(25)26)15(2)12-16/h6-9,12-13H,3-5,10-11H2,1-2H3,(H,21,24). The normalized spacial score (nSPS) is 15.1. The van der Waals surface area contributed by atoms with Crippen molar-refractivity contribution in [1.82, 2.24) is 4.31 Å². The number of benzene rings is 2. The third kappa shape index (κ3) is 4.46. The molecule has 1 aliphatic rings. The highest BCUT2D eigenvalue weighted by Crippen LogP contribution is 2.26. The third-order valence-electron chi connectivity index (χ3n) is 5.03. The first-order valence-electron chi connectivity index (χ1n) is 9.37. The van der Waals surface area contributed by atoms with Gasteiger partial charge in [0.2, 0.25) is 10.0 Å². The number of anilines is 1. The molecule has 1 fully saturated rings. The number of piperidine rings is 1. The Kier molecular flexibility index (Phi) is 5.99. The van der Waals surface area contributed by atoms with Crippen LogP contribution in [0.4, 0.5) is 11.4 Å². The van der Waals surface area contributed by atoms with Crippen molar-refractivity contribution in [3.8, 4) is 0 Å². The number of rotatable bonds is 5. The van der Waals surface area contributed by atoms with Gasteiger partial charge in [-0.3, -0.25) is 14.9 Å². The first-order chi connectivity index (χ1) is 13.7. The van der Waals surface area contributed by atoms with E-state index in [-0.39, 0.29) is 16.1 Å². The van der Waals surface area contributed by atoms with Crippen molar-refractivity contribution in [3.05, 3.63) is 63.2 Å². The topological polar surface area (TPSA) is 110 Å². The zero-order valence-corrected chi connectivity index (χ0v) is 17.2. The summed E-state index contributed by atoms with van der Waals surface area (Å²) in [7, 11) is -3.63. The molecule has 0 atom stereocenters. The van der Waals surface area contributed by atoms with Gasteiger partial charge in [0.1, 0.15) is 0 Å². The van der Waals surface area contributed by atoms with Gasteiger partial charge in [-0.15, -0.1) is 0 Å². The lowest BCUT2D eigenvalue weighted by Gasteiger charge is -2.26. The Labute approximate surface area is 169 Å². The summed E-state index contributed by atoms with van der Waals surface area (Å²) in [6, 6.07) is 8.86. The summed E-state index contributed by atoms with van der Waals surface area (Å²) in [4.78, 5) is 23.2. The molecule has 9 heteroatoms. The summed E-state index contributed by atoms with van der Waals surface area (Å²) in [5.74, 6) is -0.465. The van der Waals surface area contributed by atoms with E-state index < -0.39 is 20.9 Å². The molecule has 0 unspecified atom stereocenters. The Bertz CT molecular complexity index is 1060. The van der Waals surface area contributed by atoms with Crippen LogP contribution in [0.2, 0.25) is 0 Å². The molecule has 1 aliphatic heterocycles. The lowest BCUT2D eigenvalue weighted by molar-refractivity contribution is -0.385. The number of nitrogens with zero attached hydrogens (tertiary/aromatic N) is 2. The highest BCUT2D eigenvalue weighted by atomic mass is 32.2. The average molecular weight is 417 g/mol. The molecule has 1 amide bonds. The van der Waals surface area contributed by atoms with Gasteiger partial charge in [0, 0.05) is 36.0 Å². The summed E-state index contributed by atoms with van der Waals surface area (Å²) >= 11 is 0. The lowest BCUT2D eigenvalue weighted by atomic mass is 10.1. The van der Waals surface area contributed by atoms with Crippen molar-refractivity contribution in [2.75, 3.05) is 18.4 Å². The molecule has 3 rings (SSSR count). The monoisotopic (exact) mass is 417 g/mol. The largest absolute Gasteiger partial charge is 0.322 e. The van der Waals surface area contributed by atoms with Crippen molar-refractivity contribution < 1.29 is 18.1 Å². The predicted molar refractivity (Wildman–Crippen MR) is 110 cm³/mol. The zero-order chi connectivity index (χ0) is 21.2. The molecule has 1 saturated heterocycles. The summed E-state index contributed by atoms with van der Waals surface area (Å²) in [6.45, 7) is 4.28. The van der Waals surface area contributed by atoms with E-state index in [0.717, 1.165) is 19.3 Å². The van der Waals surface area contributed by atoms with Crippen LogP contribution in [-0.4, -0.2) is 36.6 Å². The fraction of sp³-hybridized carbons (Fsp3) is 0.350. The van der Waals surface area contributed by atoms with E-state index in [4.69, 9.17) is 0 Å². The minimum Gasteiger partial charge on any atom is -0.322 e. The molecule has 0 bridgehead atoms. The minimum atomic E-state index is -3.63. The molecule has 0 spiro atoms. The Morgan fingerprint density at radius 3 is 2.34 bits per heavy atom. The first kappa shape index (κ1) is 20.9. The summed E-state index contributed by atoms with van der Waals surface area (Å²) in [6.07, 6.45) is 2.71. The van der Waals surface area contributed by atoms with Crippen LogP contribution in [0.25, 0.3) is 0 Å². The Morgan fingerprint density at radius 2 is 1.72 bits per heavy atom. The van der Waals surface area contributed by atoms with Gasteiger partial charge >= 0.3 is 0 Å². The highest BCUT2D eigenvalue weighted by molar-refractivity contribution is 7.89. The second kappa shape index (κ2) is 8.30. The summed E-state index contributed by atoms with van der Waals surface area (Å²) < 4.78 is 27.5. The van der Waals surface area contributed by atoms with Crippen LogP contribution in [0.1, 0.15) is 40.7 Å². The number of sulfonamides is 1. The van der Waals surface area contributed by atoms with Gasteiger partial charge in [-0.2, -0.15) is 4.31 Å². The number of aryl methyl sites for hydroxylation is 2. The van der Waals surface area contributed by atoms with Crippen molar-refractivity contribution in [2.45, 2.75) is 38.0 Å². The van der Waals surface area contributed by atoms with Crippen LogP contribution in [0.3, 0.4) is 0 Å². The number of nitro benzene ring substituents is 1. The fourth-order valence-corrected chi connectivity index (χ4v) is 5.17. The van der Waals surface area contributed by atoms with E-state index in [1.807, 2.05) is 0 Å². The molecule has 0 aromatic heterocycles. The average Bonchev–Trinajstić information content (AvgIpc) is 2.69. The summed E-state index contributed by atoms with van der Waals surface area (Å²) in [5, 5.41) is 13.6. The second-order valence-corrected chi connectivity index (χ2v) is 9.06. The van der Waals surface area contributed by atoms with Gasteiger partial charge in [0.05, 0.1) is 9.82 Å². The predicted octanol–water partition coefficient (Wildman–Crippen LogP) is 3.64. The van der Waals surface area contributed by atoms with Crippen molar-refractivity contribution in [3.63, 3.8) is 0 Å². The molecule has 0 saturated carbocycles. The maximum Gasteiger partial charge on any atom is 0.272 e. The van der Waals surface area contributed by atoms with Crippen LogP contribution in [0.15, 0.2) is 41.3 Å². The van der Waals surface area contributed by atoms with Crippen LogP contribution in [0, 0.1) is 24.0 Å². The molecule has 2 aromatic rings. The molecule has 2 aromatic carbocycles. The number of nitro groups is 1.